The van der Waals surface area contributed by atoms with Crippen molar-refractivity contribution in [3.63, 3.8) is 0 Å². The number of rotatable bonds is 5. The molecule has 0 aliphatic carbocycles. The summed E-state index contributed by atoms with van der Waals surface area (Å²) in [5, 5.41) is 4.96. The van der Waals surface area contributed by atoms with Crippen molar-refractivity contribution in [1.82, 2.24) is 14.7 Å². The topological polar surface area (TPSA) is 46.4 Å². The Bertz CT molecular complexity index is 704. The third kappa shape index (κ3) is 3.31. The lowest BCUT2D eigenvalue weighted by atomic mass is 10.0. The van der Waals surface area contributed by atoms with Crippen LogP contribution in [0.5, 0.6) is 0 Å². The predicted molar refractivity (Wildman–Crippen MR) is 84.6 cm³/mol. The van der Waals surface area contributed by atoms with E-state index in [0.29, 0.717) is 18.9 Å². The Morgan fingerprint density at radius 3 is 2.95 bits per heavy atom. The molecule has 1 atom stereocenters. The first-order valence-corrected chi connectivity index (χ1v) is 7.83. The Kier molecular flexibility index (Phi) is 4.01. The Labute approximate surface area is 127 Å². The van der Waals surface area contributed by atoms with Gasteiger partial charge in [-0.05, 0) is 11.5 Å². The van der Waals surface area contributed by atoms with Crippen LogP contribution in [0.25, 0.3) is 4.96 Å². The molecule has 0 aliphatic rings. The standard InChI is InChI=1S/C16H17N3OS/c1-12(13-5-3-2-4-6-13)10-17-15(20)9-14-11-19-7-8-21-16(19)18-14/h2-8,11-12H,9-10H2,1H3,(H,17,20)/t12-/m1/s1. The second kappa shape index (κ2) is 6.10. The van der Waals surface area contributed by atoms with Gasteiger partial charge in [0.2, 0.25) is 5.91 Å². The van der Waals surface area contributed by atoms with E-state index in [4.69, 9.17) is 0 Å². The zero-order chi connectivity index (χ0) is 14.7. The highest BCUT2D eigenvalue weighted by Crippen LogP contribution is 2.14. The maximum absolute atomic E-state index is 12.0. The minimum atomic E-state index is 0.0172. The summed E-state index contributed by atoms with van der Waals surface area (Å²) in [7, 11) is 0. The van der Waals surface area contributed by atoms with Crippen LogP contribution in [-0.2, 0) is 11.2 Å². The largest absolute Gasteiger partial charge is 0.355 e. The molecular weight excluding hydrogens is 282 g/mol. The van der Waals surface area contributed by atoms with Crippen molar-refractivity contribution in [3.8, 4) is 0 Å². The Morgan fingerprint density at radius 1 is 1.38 bits per heavy atom. The van der Waals surface area contributed by atoms with Gasteiger partial charge in [-0.1, -0.05) is 37.3 Å². The smallest absolute Gasteiger partial charge is 0.226 e. The average Bonchev–Trinajstić information content (AvgIpc) is 3.07. The fraction of sp³-hybridized carbons (Fsp3) is 0.250. The Morgan fingerprint density at radius 2 is 2.19 bits per heavy atom. The monoisotopic (exact) mass is 299 g/mol. The van der Waals surface area contributed by atoms with Gasteiger partial charge in [-0.25, -0.2) is 4.98 Å². The lowest BCUT2D eigenvalue weighted by Crippen LogP contribution is -2.29. The van der Waals surface area contributed by atoms with Crippen molar-refractivity contribution < 1.29 is 4.79 Å². The zero-order valence-electron chi connectivity index (χ0n) is 11.8. The van der Waals surface area contributed by atoms with Crippen LogP contribution in [0.2, 0.25) is 0 Å². The molecule has 4 nitrogen and oxygen atoms in total. The summed E-state index contributed by atoms with van der Waals surface area (Å²) < 4.78 is 1.94. The highest BCUT2D eigenvalue weighted by atomic mass is 32.1. The Balaban J connectivity index is 1.53. The first kappa shape index (κ1) is 13.8. The van der Waals surface area contributed by atoms with Crippen molar-refractivity contribution in [2.24, 2.45) is 0 Å². The van der Waals surface area contributed by atoms with Gasteiger partial charge in [0, 0.05) is 24.3 Å². The number of amides is 1. The van der Waals surface area contributed by atoms with Crippen molar-refractivity contribution in [3.05, 3.63) is 59.4 Å². The molecule has 108 valence electrons. The lowest BCUT2D eigenvalue weighted by molar-refractivity contribution is -0.120. The van der Waals surface area contributed by atoms with Gasteiger partial charge in [-0.15, -0.1) is 11.3 Å². The Hall–Kier alpha value is -2.14. The van der Waals surface area contributed by atoms with Crippen LogP contribution < -0.4 is 5.32 Å². The molecule has 1 aromatic carbocycles. The van der Waals surface area contributed by atoms with Crippen molar-refractivity contribution in [2.45, 2.75) is 19.3 Å². The molecular formula is C16H17N3OS. The van der Waals surface area contributed by atoms with Gasteiger partial charge in [0.25, 0.3) is 0 Å². The molecule has 2 heterocycles. The van der Waals surface area contributed by atoms with Gasteiger partial charge >= 0.3 is 0 Å². The number of carbonyl (C=O) groups is 1. The van der Waals surface area contributed by atoms with Gasteiger partial charge in [0.1, 0.15) is 0 Å². The fourth-order valence-electron chi connectivity index (χ4n) is 2.25. The van der Waals surface area contributed by atoms with Crippen LogP contribution in [0, 0.1) is 0 Å². The van der Waals surface area contributed by atoms with E-state index in [1.165, 1.54) is 5.56 Å². The molecule has 5 heteroatoms. The van der Waals surface area contributed by atoms with Gasteiger partial charge in [0.05, 0.1) is 12.1 Å². The molecule has 0 unspecified atom stereocenters. The molecule has 1 amide bonds. The van der Waals surface area contributed by atoms with Crippen LogP contribution in [-0.4, -0.2) is 21.8 Å². The fourth-order valence-corrected chi connectivity index (χ4v) is 2.97. The quantitative estimate of drug-likeness (QED) is 0.787. The second-order valence-corrected chi connectivity index (χ2v) is 5.99. The molecule has 0 bridgehead atoms. The summed E-state index contributed by atoms with van der Waals surface area (Å²) in [5.74, 6) is 0.323. The molecule has 0 spiro atoms. The van der Waals surface area contributed by atoms with Crippen molar-refractivity contribution in [2.75, 3.05) is 6.54 Å². The number of benzene rings is 1. The number of imidazole rings is 1. The number of hydrogen-bond donors (Lipinski definition) is 1. The van der Waals surface area contributed by atoms with Crippen molar-refractivity contribution in [1.29, 1.82) is 0 Å². The van der Waals surface area contributed by atoms with E-state index < -0.39 is 0 Å². The molecule has 1 N–H and O–H groups in total. The summed E-state index contributed by atoms with van der Waals surface area (Å²) in [5.41, 5.74) is 2.05. The molecule has 0 aliphatic heterocycles. The van der Waals surface area contributed by atoms with Crippen LogP contribution in [0.15, 0.2) is 48.1 Å². The van der Waals surface area contributed by atoms with Crippen LogP contribution in [0.4, 0.5) is 0 Å². The first-order chi connectivity index (χ1) is 10.2. The molecule has 0 saturated heterocycles. The third-order valence-corrected chi connectivity index (χ3v) is 4.23. The maximum atomic E-state index is 12.0. The predicted octanol–water partition coefficient (Wildman–Crippen LogP) is 2.86. The number of fused-ring (bicyclic) bond motifs is 1. The highest BCUT2D eigenvalue weighted by Gasteiger charge is 2.10. The first-order valence-electron chi connectivity index (χ1n) is 6.95. The van der Waals surface area contributed by atoms with Gasteiger partial charge in [-0.2, -0.15) is 0 Å². The normalized spacial score (nSPS) is 12.4. The van der Waals surface area contributed by atoms with E-state index in [1.54, 1.807) is 11.3 Å². The summed E-state index contributed by atoms with van der Waals surface area (Å²) in [6.07, 6.45) is 4.19. The molecule has 0 radical (unpaired) electrons. The maximum Gasteiger partial charge on any atom is 0.226 e. The molecule has 0 fully saturated rings. The minimum absolute atomic E-state index is 0.0172. The highest BCUT2D eigenvalue weighted by molar-refractivity contribution is 7.15. The van der Waals surface area contributed by atoms with E-state index in [9.17, 15) is 4.79 Å². The number of hydrogen-bond acceptors (Lipinski definition) is 3. The molecule has 3 aromatic rings. The number of carbonyl (C=O) groups excluding carboxylic acids is 1. The van der Waals surface area contributed by atoms with Gasteiger partial charge < -0.3 is 5.32 Å². The summed E-state index contributed by atoms with van der Waals surface area (Å²) in [6, 6.07) is 10.2. The SMILES string of the molecule is C[C@H](CNC(=O)Cc1cn2ccsc2n1)c1ccccc1. The number of nitrogens with zero attached hydrogens (tertiary/aromatic N) is 2. The molecule has 2 aromatic heterocycles. The minimum Gasteiger partial charge on any atom is -0.355 e. The number of aromatic nitrogens is 2. The van der Waals surface area contributed by atoms with Crippen molar-refractivity contribution >= 4 is 22.2 Å². The van der Waals surface area contributed by atoms with Gasteiger partial charge in [-0.3, -0.25) is 9.20 Å². The van der Waals surface area contributed by atoms with E-state index in [0.717, 1.165) is 10.7 Å². The van der Waals surface area contributed by atoms with E-state index in [-0.39, 0.29) is 5.91 Å². The third-order valence-electron chi connectivity index (χ3n) is 3.46. The van der Waals surface area contributed by atoms with E-state index in [2.05, 4.69) is 29.4 Å². The second-order valence-electron chi connectivity index (χ2n) is 5.12. The average molecular weight is 299 g/mol. The number of thiazole rings is 1. The van der Waals surface area contributed by atoms with Crippen LogP contribution in [0.3, 0.4) is 0 Å². The van der Waals surface area contributed by atoms with E-state index in [1.807, 2.05) is 40.4 Å². The summed E-state index contributed by atoms with van der Waals surface area (Å²) >= 11 is 1.57. The van der Waals surface area contributed by atoms with Crippen LogP contribution >= 0.6 is 11.3 Å². The lowest BCUT2D eigenvalue weighted by Gasteiger charge is -2.12. The van der Waals surface area contributed by atoms with E-state index >= 15 is 0 Å². The molecule has 0 saturated carbocycles. The zero-order valence-corrected chi connectivity index (χ0v) is 12.6. The summed E-state index contributed by atoms with van der Waals surface area (Å²) in [6.45, 7) is 2.76. The molecule has 21 heavy (non-hydrogen) atoms. The van der Waals surface area contributed by atoms with Gasteiger partial charge in [0.15, 0.2) is 4.96 Å². The molecule has 3 rings (SSSR count). The van der Waals surface area contributed by atoms with Crippen LogP contribution in [0.1, 0.15) is 24.1 Å². The number of nitrogens with one attached hydrogen (secondary N) is 1. The summed E-state index contributed by atoms with van der Waals surface area (Å²) in [4.78, 5) is 17.3.